The normalized spacial score (nSPS) is 25.0. The van der Waals surface area contributed by atoms with E-state index in [1.54, 1.807) is 0 Å². The topological polar surface area (TPSA) is 6.48 Å². The first kappa shape index (κ1) is 17.6. The molecule has 2 nitrogen and oxygen atoms in total. The number of nitrogens with zero attached hydrogens (tertiary/aromatic N) is 2. The number of rotatable bonds is 4. The molecular weight excluding hydrogens is 247 g/mol. The predicted molar refractivity (Wildman–Crippen MR) is 73.7 cm³/mol. The molecule has 2 heterocycles. The number of hydrogen-bond acceptors (Lipinski definition) is 2. The van der Waals surface area contributed by atoms with Crippen molar-refractivity contribution in [2.24, 2.45) is 11.8 Å². The van der Waals surface area contributed by atoms with E-state index in [4.69, 9.17) is 0 Å². The van der Waals surface area contributed by atoms with Crippen LogP contribution in [0, 0.1) is 18.9 Å². The molecule has 100 valence electrons. The minimum absolute atomic E-state index is 0. The van der Waals surface area contributed by atoms with Crippen LogP contribution in [0.2, 0.25) is 0 Å². The summed E-state index contributed by atoms with van der Waals surface area (Å²) in [6, 6.07) is 0. The van der Waals surface area contributed by atoms with Crippen LogP contribution < -0.4 is 51.4 Å². The van der Waals surface area contributed by atoms with Crippen LogP contribution in [0.3, 0.4) is 0 Å². The summed E-state index contributed by atoms with van der Waals surface area (Å²) in [5, 5.41) is 0. The zero-order chi connectivity index (χ0) is 12.1. The molecule has 3 heteroatoms. The first-order chi connectivity index (χ1) is 8.28. The number of hydrogen-bond donors (Lipinski definition) is 0. The van der Waals surface area contributed by atoms with Gasteiger partial charge in [0.2, 0.25) is 0 Å². The van der Waals surface area contributed by atoms with Gasteiger partial charge in [-0.2, -0.15) is 0 Å². The van der Waals surface area contributed by atoms with Gasteiger partial charge in [-0.05, 0) is 83.1 Å². The fraction of sp³-hybridized carbons (Fsp3) is 0.933. The fourth-order valence-corrected chi connectivity index (χ4v) is 3.46. The minimum Gasteiger partial charge on any atom is -0.459 e. The Hall–Kier alpha value is 1.56. The monoisotopic (exact) mass is 276 g/mol. The van der Waals surface area contributed by atoms with Gasteiger partial charge in [-0.3, -0.25) is 7.05 Å². The zero-order valence-corrected chi connectivity index (χ0v) is 15.7. The first-order valence-corrected chi connectivity index (χ1v) is 7.55. The van der Waals surface area contributed by atoms with Crippen LogP contribution in [0.4, 0.5) is 0 Å². The van der Waals surface area contributed by atoms with Gasteiger partial charge < -0.3 is 9.80 Å². The number of piperidine rings is 2. The van der Waals surface area contributed by atoms with Crippen molar-refractivity contribution < 1.29 is 51.4 Å². The average molecular weight is 277 g/mol. The maximum absolute atomic E-state index is 4.04. The molecule has 0 spiro atoms. The molecule has 0 unspecified atom stereocenters. The van der Waals surface area contributed by atoms with Crippen molar-refractivity contribution >= 4 is 0 Å². The van der Waals surface area contributed by atoms with E-state index < -0.39 is 0 Å². The molecule has 2 fully saturated rings. The summed E-state index contributed by atoms with van der Waals surface area (Å²) in [6.07, 6.45) is 8.48. The molecular formula is C15H29KN2. The van der Waals surface area contributed by atoms with Gasteiger partial charge in [0.15, 0.2) is 0 Å². The third kappa shape index (κ3) is 5.90. The molecule has 0 atom stereocenters. The van der Waals surface area contributed by atoms with Gasteiger partial charge in [0, 0.05) is 0 Å². The van der Waals surface area contributed by atoms with E-state index in [1.807, 2.05) is 0 Å². The summed E-state index contributed by atoms with van der Waals surface area (Å²) in [5.74, 6) is 2.01. The summed E-state index contributed by atoms with van der Waals surface area (Å²) in [7, 11) is 4.04. The van der Waals surface area contributed by atoms with Gasteiger partial charge in [-0.1, -0.05) is 6.92 Å². The molecule has 0 radical (unpaired) electrons. The van der Waals surface area contributed by atoms with E-state index in [-0.39, 0.29) is 51.4 Å². The van der Waals surface area contributed by atoms with E-state index in [0.29, 0.717) is 0 Å². The molecule has 2 rings (SSSR count). The van der Waals surface area contributed by atoms with Crippen LogP contribution in [0.25, 0.3) is 0 Å². The van der Waals surface area contributed by atoms with Crippen LogP contribution >= 0.6 is 0 Å². The Morgan fingerprint density at radius 3 is 1.94 bits per heavy atom. The molecule has 0 aromatic rings. The van der Waals surface area contributed by atoms with Crippen LogP contribution in [0.15, 0.2) is 0 Å². The fourth-order valence-electron chi connectivity index (χ4n) is 3.46. The second-order valence-corrected chi connectivity index (χ2v) is 6.08. The van der Waals surface area contributed by atoms with E-state index in [0.717, 1.165) is 11.8 Å². The summed E-state index contributed by atoms with van der Waals surface area (Å²) >= 11 is 0. The summed E-state index contributed by atoms with van der Waals surface area (Å²) < 4.78 is 0. The molecule has 0 bridgehead atoms. The minimum atomic E-state index is 0. The largest absolute Gasteiger partial charge is 1.00 e. The molecule has 0 N–H and O–H groups in total. The second kappa shape index (κ2) is 9.48. The van der Waals surface area contributed by atoms with Crippen LogP contribution in [0.1, 0.15) is 45.4 Å². The Kier molecular flexibility index (Phi) is 9.28. The van der Waals surface area contributed by atoms with E-state index in [2.05, 4.69) is 23.8 Å². The summed E-state index contributed by atoms with van der Waals surface area (Å²) in [6.45, 7) is 8.75. The Labute approximate surface area is 156 Å². The van der Waals surface area contributed by atoms with E-state index in [1.165, 1.54) is 71.2 Å². The van der Waals surface area contributed by atoms with E-state index in [9.17, 15) is 0 Å². The Morgan fingerprint density at radius 1 is 0.944 bits per heavy atom. The van der Waals surface area contributed by atoms with Gasteiger partial charge in [-0.25, -0.2) is 0 Å². The molecule has 0 amide bonds. The van der Waals surface area contributed by atoms with Crippen molar-refractivity contribution in [1.82, 2.24) is 9.80 Å². The van der Waals surface area contributed by atoms with Crippen molar-refractivity contribution in [1.29, 1.82) is 0 Å². The molecule has 0 aliphatic carbocycles. The van der Waals surface area contributed by atoms with E-state index >= 15 is 0 Å². The van der Waals surface area contributed by atoms with Crippen LogP contribution in [0.5, 0.6) is 0 Å². The SMILES string of the molecule is [CH2-]N1CCC(CC2CCN(CCC)CC2)CC1.[K+]. The van der Waals surface area contributed by atoms with Gasteiger partial charge in [0.05, 0.1) is 0 Å². The summed E-state index contributed by atoms with van der Waals surface area (Å²) in [5.41, 5.74) is 0. The third-order valence-electron chi connectivity index (χ3n) is 4.62. The molecule has 2 aliphatic heterocycles. The van der Waals surface area contributed by atoms with Crippen molar-refractivity contribution in [3.8, 4) is 0 Å². The van der Waals surface area contributed by atoms with Crippen LogP contribution in [-0.4, -0.2) is 42.5 Å². The predicted octanol–water partition coefficient (Wildman–Crippen LogP) is 0.00609. The Balaban J connectivity index is 0.00000162. The maximum atomic E-state index is 4.04. The number of likely N-dealkylation sites (tertiary alicyclic amines) is 2. The maximum Gasteiger partial charge on any atom is 1.00 e. The molecule has 18 heavy (non-hydrogen) atoms. The second-order valence-electron chi connectivity index (χ2n) is 6.08. The van der Waals surface area contributed by atoms with Crippen molar-refractivity contribution in [3.63, 3.8) is 0 Å². The molecule has 0 saturated carbocycles. The smallest absolute Gasteiger partial charge is 0.459 e. The zero-order valence-electron chi connectivity index (χ0n) is 12.5. The molecule has 0 aromatic heterocycles. The van der Waals surface area contributed by atoms with Gasteiger partial charge in [0.1, 0.15) is 0 Å². The van der Waals surface area contributed by atoms with Gasteiger partial charge in [-0.15, -0.1) is 0 Å². The first-order valence-electron chi connectivity index (χ1n) is 7.55. The molecule has 2 saturated heterocycles. The average Bonchev–Trinajstić information content (AvgIpc) is 2.35. The standard InChI is InChI=1S/C15H29N2.K/c1-3-8-17-11-6-15(7-12-17)13-14-4-9-16(2)10-5-14;/h14-15H,2-13H2,1H3;/q-1;+1. The van der Waals surface area contributed by atoms with Crippen molar-refractivity contribution in [3.05, 3.63) is 7.05 Å². The Bertz CT molecular complexity index is 207. The van der Waals surface area contributed by atoms with Crippen LogP contribution in [-0.2, 0) is 0 Å². The van der Waals surface area contributed by atoms with Crippen molar-refractivity contribution in [2.75, 3.05) is 32.7 Å². The Morgan fingerprint density at radius 2 is 1.44 bits per heavy atom. The molecule has 0 aromatic carbocycles. The third-order valence-corrected chi connectivity index (χ3v) is 4.62. The van der Waals surface area contributed by atoms with Crippen molar-refractivity contribution in [2.45, 2.75) is 45.4 Å². The van der Waals surface area contributed by atoms with Gasteiger partial charge >= 0.3 is 51.4 Å². The van der Waals surface area contributed by atoms with Gasteiger partial charge in [0.25, 0.3) is 0 Å². The quantitative estimate of drug-likeness (QED) is 0.527. The molecule has 2 aliphatic rings. The summed E-state index contributed by atoms with van der Waals surface area (Å²) in [4.78, 5) is 4.88.